The quantitative estimate of drug-likeness (QED) is 0.708. The number of aromatic nitrogens is 1. The zero-order chi connectivity index (χ0) is 14.6. The minimum atomic E-state index is -0.457. The molecule has 1 fully saturated rings. The van der Waals surface area contributed by atoms with Crippen LogP contribution < -0.4 is 16.0 Å². The van der Waals surface area contributed by atoms with E-state index in [1.807, 2.05) is 39.0 Å². The van der Waals surface area contributed by atoms with Crippen molar-refractivity contribution >= 4 is 11.8 Å². The first-order chi connectivity index (χ1) is 9.44. The van der Waals surface area contributed by atoms with Crippen LogP contribution in [0.4, 0.5) is 5.82 Å². The Morgan fingerprint density at radius 3 is 2.70 bits per heavy atom. The lowest BCUT2D eigenvalue weighted by Crippen LogP contribution is -2.60. The fourth-order valence-corrected chi connectivity index (χ4v) is 1.93. The Morgan fingerprint density at radius 2 is 2.15 bits per heavy atom. The van der Waals surface area contributed by atoms with E-state index in [0.717, 1.165) is 5.82 Å². The Kier molecular flexibility index (Phi) is 4.57. The van der Waals surface area contributed by atoms with Gasteiger partial charge in [0.15, 0.2) is 0 Å². The number of hydrogen-bond acceptors (Lipinski definition) is 6. The molecule has 110 valence electrons. The van der Waals surface area contributed by atoms with Gasteiger partial charge in [0.25, 0.3) is 0 Å². The van der Waals surface area contributed by atoms with Gasteiger partial charge in [-0.1, -0.05) is 6.07 Å². The van der Waals surface area contributed by atoms with Crippen LogP contribution >= 0.6 is 0 Å². The molecule has 2 heterocycles. The first-order valence-corrected chi connectivity index (χ1v) is 6.81. The third-order valence-corrected chi connectivity index (χ3v) is 2.82. The van der Waals surface area contributed by atoms with E-state index in [1.54, 1.807) is 6.20 Å². The van der Waals surface area contributed by atoms with Gasteiger partial charge in [-0.2, -0.15) is 0 Å². The molecule has 20 heavy (non-hydrogen) atoms. The van der Waals surface area contributed by atoms with Gasteiger partial charge in [0, 0.05) is 19.3 Å². The number of esters is 1. The molecule has 6 heteroatoms. The largest absolute Gasteiger partial charge is 0.459 e. The van der Waals surface area contributed by atoms with E-state index in [0.29, 0.717) is 13.1 Å². The molecule has 0 spiro atoms. The van der Waals surface area contributed by atoms with Crippen LogP contribution in [0.5, 0.6) is 0 Å². The SMILES string of the molecule is CC(C)(C)OC(=O)C1CNC(Nc2ccccn2)CN1. The minimum absolute atomic E-state index is 0.0450. The second kappa shape index (κ2) is 6.19. The Bertz CT molecular complexity index is 436. The van der Waals surface area contributed by atoms with Gasteiger partial charge < -0.3 is 10.1 Å². The van der Waals surface area contributed by atoms with Crippen molar-refractivity contribution < 1.29 is 9.53 Å². The number of carbonyl (C=O) groups is 1. The molecule has 0 aromatic carbocycles. The van der Waals surface area contributed by atoms with Gasteiger partial charge in [-0.05, 0) is 32.9 Å². The van der Waals surface area contributed by atoms with Gasteiger partial charge in [-0.3, -0.25) is 15.4 Å². The summed E-state index contributed by atoms with van der Waals surface area (Å²) < 4.78 is 5.36. The molecule has 1 aromatic rings. The highest BCUT2D eigenvalue weighted by Gasteiger charge is 2.29. The molecule has 1 aliphatic heterocycles. The van der Waals surface area contributed by atoms with Gasteiger partial charge in [-0.15, -0.1) is 0 Å². The van der Waals surface area contributed by atoms with Crippen molar-refractivity contribution in [1.82, 2.24) is 15.6 Å². The number of anilines is 1. The summed E-state index contributed by atoms with van der Waals surface area (Å²) >= 11 is 0. The van der Waals surface area contributed by atoms with Crippen LogP contribution in [0.2, 0.25) is 0 Å². The summed E-state index contributed by atoms with van der Waals surface area (Å²) in [4.78, 5) is 16.1. The Balaban J connectivity index is 1.79. The Labute approximate surface area is 119 Å². The van der Waals surface area contributed by atoms with Crippen molar-refractivity contribution in [2.24, 2.45) is 0 Å². The molecular weight excluding hydrogens is 256 g/mol. The third kappa shape index (κ3) is 4.47. The van der Waals surface area contributed by atoms with E-state index in [2.05, 4.69) is 20.9 Å². The lowest BCUT2D eigenvalue weighted by atomic mass is 10.1. The normalized spacial score (nSPS) is 23.1. The molecule has 0 bridgehead atoms. The van der Waals surface area contributed by atoms with Crippen LogP contribution in [0.15, 0.2) is 24.4 Å². The fourth-order valence-electron chi connectivity index (χ4n) is 1.93. The van der Waals surface area contributed by atoms with Crippen LogP contribution in [-0.4, -0.2) is 41.9 Å². The highest BCUT2D eigenvalue weighted by atomic mass is 16.6. The minimum Gasteiger partial charge on any atom is -0.459 e. The first-order valence-electron chi connectivity index (χ1n) is 6.81. The number of nitrogens with zero attached hydrogens (tertiary/aromatic N) is 1. The van der Waals surface area contributed by atoms with E-state index in [1.165, 1.54) is 0 Å². The molecule has 3 N–H and O–H groups in total. The Morgan fingerprint density at radius 1 is 1.35 bits per heavy atom. The smallest absolute Gasteiger partial charge is 0.324 e. The number of piperazine rings is 1. The van der Waals surface area contributed by atoms with Gasteiger partial charge in [0.05, 0.1) is 6.17 Å². The lowest BCUT2D eigenvalue weighted by Gasteiger charge is -2.32. The van der Waals surface area contributed by atoms with Crippen LogP contribution in [0, 0.1) is 0 Å². The summed E-state index contributed by atoms with van der Waals surface area (Å²) in [5.74, 6) is 0.587. The number of pyridine rings is 1. The molecule has 1 saturated heterocycles. The maximum atomic E-state index is 11.9. The summed E-state index contributed by atoms with van der Waals surface area (Å²) in [6, 6.07) is 5.39. The molecule has 2 atom stereocenters. The summed E-state index contributed by atoms with van der Waals surface area (Å²) in [7, 11) is 0. The van der Waals surface area contributed by atoms with E-state index < -0.39 is 5.60 Å². The van der Waals surface area contributed by atoms with Crippen molar-refractivity contribution in [2.75, 3.05) is 18.4 Å². The summed E-state index contributed by atoms with van der Waals surface area (Å²) in [6.45, 7) is 6.76. The third-order valence-electron chi connectivity index (χ3n) is 2.82. The molecule has 0 radical (unpaired) electrons. The molecule has 2 unspecified atom stereocenters. The van der Waals surface area contributed by atoms with Crippen LogP contribution in [-0.2, 0) is 9.53 Å². The molecule has 0 saturated carbocycles. The van der Waals surface area contributed by atoms with Crippen LogP contribution in [0.3, 0.4) is 0 Å². The first kappa shape index (κ1) is 14.7. The second-order valence-corrected chi connectivity index (χ2v) is 5.81. The van der Waals surface area contributed by atoms with Gasteiger partial charge in [-0.25, -0.2) is 4.98 Å². The monoisotopic (exact) mass is 278 g/mol. The predicted molar refractivity (Wildman–Crippen MR) is 77.3 cm³/mol. The summed E-state index contributed by atoms with van der Waals surface area (Å²) in [5, 5.41) is 9.71. The average Bonchev–Trinajstić information content (AvgIpc) is 2.39. The number of nitrogens with one attached hydrogen (secondary N) is 3. The van der Waals surface area contributed by atoms with Crippen molar-refractivity contribution in [2.45, 2.75) is 38.6 Å². The van der Waals surface area contributed by atoms with Gasteiger partial charge in [0.2, 0.25) is 0 Å². The highest BCUT2D eigenvalue weighted by Crippen LogP contribution is 2.10. The van der Waals surface area contributed by atoms with Crippen molar-refractivity contribution in [3.8, 4) is 0 Å². The molecule has 1 aromatic heterocycles. The topological polar surface area (TPSA) is 75.3 Å². The van der Waals surface area contributed by atoms with Gasteiger partial charge in [0.1, 0.15) is 17.5 Å². The van der Waals surface area contributed by atoms with Crippen molar-refractivity contribution in [1.29, 1.82) is 0 Å². The van der Waals surface area contributed by atoms with E-state index in [9.17, 15) is 4.79 Å². The zero-order valence-corrected chi connectivity index (χ0v) is 12.1. The number of rotatable bonds is 3. The van der Waals surface area contributed by atoms with Crippen LogP contribution in [0.1, 0.15) is 20.8 Å². The summed E-state index contributed by atoms with van der Waals surface area (Å²) in [6.07, 6.45) is 1.78. The van der Waals surface area contributed by atoms with Gasteiger partial charge >= 0.3 is 5.97 Å². The van der Waals surface area contributed by atoms with Crippen LogP contribution in [0.25, 0.3) is 0 Å². The number of hydrogen-bond donors (Lipinski definition) is 3. The van der Waals surface area contributed by atoms with E-state index in [-0.39, 0.29) is 18.2 Å². The lowest BCUT2D eigenvalue weighted by molar-refractivity contribution is -0.157. The highest BCUT2D eigenvalue weighted by molar-refractivity contribution is 5.76. The number of ether oxygens (including phenoxy) is 1. The van der Waals surface area contributed by atoms with Crippen molar-refractivity contribution in [3.63, 3.8) is 0 Å². The Hall–Kier alpha value is -1.66. The molecule has 6 nitrogen and oxygen atoms in total. The summed E-state index contributed by atoms with van der Waals surface area (Å²) in [5.41, 5.74) is -0.457. The fraction of sp³-hybridized carbons (Fsp3) is 0.571. The molecule has 2 rings (SSSR count). The maximum absolute atomic E-state index is 11.9. The average molecular weight is 278 g/mol. The van der Waals surface area contributed by atoms with Crippen molar-refractivity contribution in [3.05, 3.63) is 24.4 Å². The number of carbonyl (C=O) groups excluding carboxylic acids is 1. The van der Waals surface area contributed by atoms with E-state index >= 15 is 0 Å². The molecule has 0 amide bonds. The molecular formula is C14H22N4O2. The standard InChI is InChI=1S/C14H22N4O2/c1-14(2,3)20-13(19)10-8-17-12(9-16-10)18-11-6-4-5-7-15-11/h4-7,10,12,16-17H,8-9H2,1-3H3,(H,15,18). The maximum Gasteiger partial charge on any atom is 0.324 e. The molecule has 1 aliphatic rings. The second-order valence-electron chi connectivity index (χ2n) is 5.81. The molecule has 0 aliphatic carbocycles. The predicted octanol–water partition coefficient (Wildman–Crippen LogP) is 0.723. The zero-order valence-electron chi connectivity index (χ0n) is 12.1. The van der Waals surface area contributed by atoms with E-state index in [4.69, 9.17) is 4.74 Å².